The molecule has 2 aliphatic heterocycles. The topological polar surface area (TPSA) is 57.2 Å². The third-order valence-electron chi connectivity index (χ3n) is 7.02. The molecule has 3 aromatic rings. The molecule has 2 heterocycles. The second-order valence-electron chi connectivity index (χ2n) is 10.4. The molecule has 0 aliphatic carbocycles. The van der Waals surface area contributed by atoms with Crippen molar-refractivity contribution in [1.82, 2.24) is 4.90 Å². The summed E-state index contributed by atoms with van der Waals surface area (Å²) in [6.07, 6.45) is 2.83. The molecule has 1 atom stereocenters. The summed E-state index contributed by atoms with van der Waals surface area (Å²) in [6.45, 7) is 5.99. The monoisotopic (exact) mass is 569 g/mol. The normalized spacial score (nSPS) is 17.9. The van der Waals surface area contributed by atoms with E-state index in [1.165, 1.54) is 0 Å². The standard InChI is InChI=1S/C31H33Cl2NO5/c1-31(2)37-20-23-18-22(11-14-28(23)39-31)29-19-34(30(35)38-29)16-15-21-9-12-24(13-10-21)36-17-4-3-6-25-26(32)7-5-8-27(25)33/h5,7-14,18,29H,3-4,6,15-17,19-20H2,1-2H3/t29-/m0/s1. The highest BCUT2D eigenvalue weighted by molar-refractivity contribution is 6.35. The molecule has 2 aliphatic rings. The molecule has 39 heavy (non-hydrogen) atoms. The Labute approximate surface area is 239 Å². The number of fused-ring (bicyclic) bond motifs is 1. The lowest BCUT2D eigenvalue weighted by molar-refractivity contribution is -0.180. The van der Waals surface area contributed by atoms with Crippen LogP contribution in [-0.2, 0) is 28.9 Å². The largest absolute Gasteiger partial charge is 0.494 e. The Morgan fingerprint density at radius 3 is 2.54 bits per heavy atom. The molecule has 8 heteroatoms. The van der Waals surface area contributed by atoms with Crippen LogP contribution >= 0.6 is 23.2 Å². The highest BCUT2D eigenvalue weighted by atomic mass is 35.5. The molecule has 0 N–H and O–H groups in total. The molecule has 206 valence electrons. The second-order valence-corrected chi connectivity index (χ2v) is 11.2. The SMILES string of the molecule is CC1(C)OCc2cc([C@@H]3CN(CCc4ccc(OCCCCc5c(Cl)cccc5Cl)cc4)C(=O)O3)ccc2O1. The van der Waals surface area contributed by atoms with Crippen molar-refractivity contribution in [1.29, 1.82) is 0 Å². The molecular formula is C31H33Cl2NO5. The highest BCUT2D eigenvalue weighted by Gasteiger charge is 2.33. The number of halogens is 2. The van der Waals surface area contributed by atoms with Gasteiger partial charge in [0.25, 0.3) is 0 Å². The molecule has 0 bridgehead atoms. The first-order chi connectivity index (χ1) is 18.8. The van der Waals surface area contributed by atoms with Gasteiger partial charge in [-0.15, -0.1) is 0 Å². The number of unbranched alkanes of at least 4 members (excludes halogenated alkanes) is 1. The van der Waals surface area contributed by atoms with Gasteiger partial charge in [0.15, 0.2) is 0 Å². The molecule has 0 radical (unpaired) electrons. The van der Waals surface area contributed by atoms with E-state index >= 15 is 0 Å². The molecule has 1 fully saturated rings. The number of hydrogen-bond acceptors (Lipinski definition) is 5. The maximum Gasteiger partial charge on any atom is 0.410 e. The molecule has 0 unspecified atom stereocenters. The van der Waals surface area contributed by atoms with Crippen molar-refractivity contribution in [2.24, 2.45) is 0 Å². The summed E-state index contributed by atoms with van der Waals surface area (Å²) in [4.78, 5) is 14.3. The van der Waals surface area contributed by atoms with Crippen LogP contribution in [-0.4, -0.2) is 36.5 Å². The van der Waals surface area contributed by atoms with Crippen LogP contribution in [0.15, 0.2) is 60.7 Å². The van der Waals surface area contributed by atoms with E-state index in [1.54, 1.807) is 4.90 Å². The first-order valence-corrected chi connectivity index (χ1v) is 14.1. The number of nitrogens with zero attached hydrogens (tertiary/aromatic N) is 1. The van der Waals surface area contributed by atoms with Crippen LogP contribution in [0.3, 0.4) is 0 Å². The van der Waals surface area contributed by atoms with Crippen LogP contribution in [0.5, 0.6) is 11.5 Å². The van der Waals surface area contributed by atoms with Crippen molar-refractivity contribution < 1.29 is 23.7 Å². The van der Waals surface area contributed by atoms with Crippen LogP contribution < -0.4 is 9.47 Å². The Hall–Kier alpha value is -2.93. The fourth-order valence-electron chi connectivity index (χ4n) is 4.80. The van der Waals surface area contributed by atoms with E-state index in [1.807, 2.05) is 74.5 Å². The Balaban J connectivity index is 1.05. The van der Waals surface area contributed by atoms with Gasteiger partial charge in [-0.2, -0.15) is 0 Å². The van der Waals surface area contributed by atoms with E-state index in [0.29, 0.717) is 36.3 Å². The fourth-order valence-corrected chi connectivity index (χ4v) is 5.39. The predicted molar refractivity (Wildman–Crippen MR) is 152 cm³/mol. The lowest BCUT2D eigenvalue weighted by Gasteiger charge is -2.32. The highest BCUT2D eigenvalue weighted by Crippen LogP contribution is 2.35. The van der Waals surface area contributed by atoms with Crippen LogP contribution in [0, 0.1) is 0 Å². The fraction of sp³-hybridized carbons (Fsp3) is 0.387. The third-order valence-corrected chi connectivity index (χ3v) is 7.73. The number of cyclic esters (lactones) is 1. The zero-order chi connectivity index (χ0) is 27.4. The van der Waals surface area contributed by atoms with Crippen LogP contribution in [0.1, 0.15) is 55.0 Å². The first kappa shape index (κ1) is 27.6. The maximum atomic E-state index is 12.5. The summed E-state index contributed by atoms with van der Waals surface area (Å²) < 4.78 is 23.2. The minimum atomic E-state index is -0.636. The Kier molecular flexibility index (Phi) is 8.55. The van der Waals surface area contributed by atoms with Gasteiger partial charge in [-0.3, -0.25) is 0 Å². The van der Waals surface area contributed by atoms with Crippen LogP contribution in [0.2, 0.25) is 10.0 Å². The third kappa shape index (κ3) is 6.99. The summed E-state index contributed by atoms with van der Waals surface area (Å²) in [5, 5.41) is 1.43. The van der Waals surface area contributed by atoms with Gasteiger partial charge in [0.05, 0.1) is 19.8 Å². The van der Waals surface area contributed by atoms with Gasteiger partial charge in [-0.05, 0) is 78.8 Å². The smallest absolute Gasteiger partial charge is 0.410 e. The van der Waals surface area contributed by atoms with Crippen molar-refractivity contribution in [3.05, 3.63) is 93.0 Å². The van der Waals surface area contributed by atoms with E-state index in [-0.39, 0.29) is 12.2 Å². The van der Waals surface area contributed by atoms with Crippen molar-refractivity contribution in [3.63, 3.8) is 0 Å². The summed E-state index contributed by atoms with van der Waals surface area (Å²) >= 11 is 12.5. The molecule has 6 nitrogen and oxygen atoms in total. The van der Waals surface area contributed by atoms with Gasteiger partial charge in [-0.25, -0.2) is 4.79 Å². The molecule has 1 amide bonds. The van der Waals surface area contributed by atoms with Gasteiger partial charge in [0.2, 0.25) is 5.79 Å². The van der Waals surface area contributed by atoms with Crippen LogP contribution in [0.25, 0.3) is 0 Å². The zero-order valence-corrected chi connectivity index (χ0v) is 23.8. The lowest BCUT2D eigenvalue weighted by atomic mass is 10.0. The molecular weight excluding hydrogens is 537 g/mol. The van der Waals surface area contributed by atoms with E-state index < -0.39 is 5.79 Å². The minimum Gasteiger partial charge on any atom is -0.494 e. The Bertz CT molecular complexity index is 1290. The summed E-state index contributed by atoms with van der Waals surface area (Å²) in [7, 11) is 0. The van der Waals surface area contributed by atoms with Gasteiger partial charge >= 0.3 is 6.09 Å². The van der Waals surface area contributed by atoms with Gasteiger partial charge in [0.1, 0.15) is 17.6 Å². The van der Waals surface area contributed by atoms with Gasteiger partial charge in [-0.1, -0.05) is 47.5 Å². The van der Waals surface area contributed by atoms with Crippen molar-refractivity contribution >= 4 is 29.3 Å². The molecule has 1 saturated heterocycles. The quantitative estimate of drug-likeness (QED) is 0.233. The average Bonchev–Trinajstić information content (AvgIpc) is 3.29. The zero-order valence-electron chi connectivity index (χ0n) is 22.3. The number of ether oxygens (including phenoxy) is 4. The summed E-state index contributed by atoms with van der Waals surface area (Å²) in [5.74, 6) is 1.01. The molecule has 3 aromatic carbocycles. The maximum absolute atomic E-state index is 12.5. The van der Waals surface area contributed by atoms with Crippen molar-refractivity contribution in [2.45, 2.75) is 58.0 Å². The Morgan fingerprint density at radius 2 is 1.77 bits per heavy atom. The molecule has 5 rings (SSSR count). The Morgan fingerprint density at radius 1 is 1.00 bits per heavy atom. The number of benzene rings is 3. The van der Waals surface area contributed by atoms with E-state index in [0.717, 1.165) is 59.4 Å². The number of carbonyl (C=O) groups is 1. The number of amides is 1. The molecule has 0 spiro atoms. The van der Waals surface area contributed by atoms with E-state index in [9.17, 15) is 4.79 Å². The number of rotatable bonds is 10. The summed E-state index contributed by atoms with van der Waals surface area (Å²) in [5.41, 5.74) is 4.05. The predicted octanol–water partition coefficient (Wildman–Crippen LogP) is 7.78. The first-order valence-electron chi connectivity index (χ1n) is 13.3. The average molecular weight is 571 g/mol. The van der Waals surface area contributed by atoms with Crippen molar-refractivity contribution in [2.75, 3.05) is 19.7 Å². The number of hydrogen-bond donors (Lipinski definition) is 0. The van der Waals surface area contributed by atoms with Crippen LogP contribution in [0.4, 0.5) is 4.79 Å². The summed E-state index contributed by atoms with van der Waals surface area (Å²) in [6, 6.07) is 19.5. The number of carbonyl (C=O) groups excluding carboxylic acids is 1. The molecule has 0 saturated carbocycles. The van der Waals surface area contributed by atoms with E-state index in [4.69, 9.17) is 42.1 Å². The second kappa shape index (κ2) is 12.1. The lowest BCUT2D eigenvalue weighted by Crippen LogP contribution is -2.35. The van der Waals surface area contributed by atoms with Crippen molar-refractivity contribution in [3.8, 4) is 11.5 Å². The van der Waals surface area contributed by atoms with Gasteiger partial charge in [0, 0.05) is 36.0 Å². The molecule has 0 aromatic heterocycles. The van der Waals surface area contributed by atoms with Gasteiger partial charge < -0.3 is 23.8 Å². The minimum absolute atomic E-state index is 0.288. The van der Waals surface area contributed by atoms with E-state index in [2.05, 4.69) is 0 Å².